The molecule has 0 aromatic heterocycles. The Bertz CT molecular complexity index is 176. The van der Waals surface area contributed by atoms with Crippen LogP contribution in [0.25, 0.3) is 0 Å². The van der Waals surface area contributed by atoms with Gasteiger partial charge in [-0.25, -0.2) is 0 Å². The van der Waals surface area contributed by atoms with E-state index in [1.165, 1.54) is 56.3 Å². The Hall–Kier alpha value is 0.0300. The predicted octanol–water partition coefficient (Wildman–Crippen LogP) is 2.55. The molecule has 0 spiro atoms. The lowest BCUT2D eigenvalue weighted by Gasteiger charge is -2.37. The fraction of sp³-hybridized carbons (Fsp3) is 1.00. The second kappa shape index (κ2) is 12.5. The van der Waals surface area contributed by atoms with Crippen LogP contribution in [0.5, 0.6) is 0 Å². The van der Waals surface area contributed by atoms with Gasteiger partial charge in [-0.05, 0) is 26.7 Å². The van der Waals surface area contributed by atoms with Gasteiger partial charge >= 0.3 is 1.43 Å². The van der Waals surface area contributed by atoms with Crippen LogP contribution in [-0.2, 0) is 11.4 Å². The minimum atomic E-state index is -3.11. The third-order valence-electron chi connectivity index (χ3n) is 3.31. The van der Waals surface area contributed by atoms with Crippen molar-refractivity contribution in [1.82, 2.24) is 0 Å². The van der Waals surface area contributed by atoms with Crippen molar-refractivity contribution in [1.29, 1.82) is 0 Å². The monoisotopic (exact) mass is 267 g/mol. The van der Waals surface area contributed by atoms with Crippen LogP contribution in [0.2, 0.25) is 0 Å². The fourth-order valence-electron chi connectivity index (χ4n) is 1.95. The van der Waals surface area contributed by atoms with Gasteiger partial charge in [0.05, 0.1) is 26.2 Å². The van der Waals surface area contributed by atoms with Crippen LogP contribution in [0.1, 0.15) is 54.8 Å². The smallest absolute Gasteiger partial charge is 0.784 e. The second-order valence-electron chi connectivity index (χ2n) is 4.33. The van der Waals surface area contributed by atoms with Gasteiger partial charge in [0.1, 0.15) is 0 Å². The summed E-state index contributed by atoms with van der Waals surface area (Å²) in [7, 11) is 0. The van der Waals surface area contributed by atoms with Crippen molar-refractivity contribution in [3.63, 3.8) is 0 Å². The largest absolute Gasteiger partial charge is 1.00 e. The summed E-state index contributed by atoms with van der Waals surface area (Å²) in [5.41, 5.74) is 0. The van der Waals surface area contributed by atoms with Gasteiger partial charge in [0.2, 0.25) is 0 Å². The summed E-state index contributed by atoms with van der Waals surface area (Å²) in [5.74, 6) is 0. The highest BCUT2D eigenvalue weighted by molar-refractivity contribution is 7.72. The van der Waals surface area contributed by atoms with E-state index < -0.39 is 11.4 Å². The Morgan fingerprint density at radius 2 is 1.24 bits per heavy atom. The van der Waals surface area contributed by atoms with E-state index in [1.807, 2.05) is 0 Å². The maximum absolute atomic E-state index is 8.44. The van der Waals surface area contributed by atoms with Crippen molar-refractivity contribution in [2.24, 2.45) is 0 Å². The lowest BCUT2D eigenvalue weighted by atomic mass is 10.2. The van der Waals surface area contributed by atoms with Crippen LogP contribution in [0, 0.1) is 0 Å². The zero-order valence-corrected chi connectivity index (χ0v) is 12.6. The molecule has 0 unspecified atom stereocenters. The molecule has 0 fully saturated rings. The summed E-state index contributed by atoms with van der Waals surface area (Å²) in [4.78, 5) is 0. The second-order valence-corrected chi connectivity index (χ2v) is 4.74. The molecule has 0 aliphatic rings. The van der Waals surface area contributed by atoms with Gasteiger partial charge in [0.25, 0.3) is 0 Å². The van der Waals surface area contributed by atoms with Crippen LogP contribution >= 0.6 is 0 Å². The molecule has 4 nitrogen and oxygen atoms in total. The van der Waals surface area contributed by atoms with Crippen LogP contribution in [0.4, 0.5) is 0 Å². The molecule has 0 heterocycles. The average molecular weight is 267 g/mol. The van der Waals surface area contributed by atoms with Gasteiger partial charge in [0, 0.05) is 0 Å². The van der Waals surface area contributed by atoms with E-state index in [1.54, 1.807) is 0 Å². The lowest BCUT2D eigenvalue weighted by molar-refractivity contribution is -0.925. The minimum absolute atomic E-state index is 0. The number of hydrogen-bond acceptors (Lipinski definition) is 3. The van der Waals surface area contributed by atoms with Gasteiger partial charge in [-0.15, -0.1) is 11.4 Å². The van der Waals surface area contributed by atoms with E-state index in [0.29, 0.717) is 0 Å². The Kier molecular flexibility index (Phi) is 14.2. The molecule has 0 rings (SSSR count). The normalized spacial score (nSPS) is 11.2. The molecule has 17 heavy (non-hydrogen) atoms. The zero-order valence-electron chi connectivity index (χ0n) is 12.7. The van der Waals surface area contributed by atoms with E-state index in [9.17, 15) is 0 Å². The van der Waals surface area contributed by atoms with Crippen molar-refractivity contribution in [2.45, 2.75) is 53.4 Å². The maximum atomic E-state index is 8.44. The summed E-state index contributed by atoms with van der Waals surface area (Å²) in [6.07, 6.45) is 5.47. The van der Waals surface area contributed by atoms with E-state index in [2.05, 4.69) is 27.7 Å². The summed E-state index contributed by atoms with van der Waals surface area (Å²) in [6.45, 7) is 14.7. The molecule has 0 bridgehead atoms. The summed E-state index contributed by atoms with van der Waals surface area (Å²) < 4.78 is 26.7. The number of rotatable bonds is 8. The first-order valence-corrected chi connectivity index (χ1v) is 7.59. The number of nitrogens with zero attached hydrogens (tertiary/aromatic N) is 1. The SMILES string of the molecule is CCCC[N+](CC)(CC)CCCC.O=S([O-])[O-].[H+]. The topological polar surface area (TPSA) is 63.2 Å². The molecule has 106 valence electrons. The Morgan fingerprint density at radius 3 is 1.41 bits per heavy atom. The van der Waals surface area contributed by atoms with Crippen molar-refractivity contribution in [2.75, 3.05) is 26.2 Å². The molecule has 0 saturated heterocycles. The molecule has 0 N–H and O–H groups in total. The van der Waals surface area contributed by atoms with Gasteiger partial charge in [-0.3, -0.25) is 4.21 Å². The van der Waals surface area contributed by atoms with E-state index in [0.717, 1.165) is 0 Å². The maximum Gasteiger partial charge on any atom is 1.00 e. The highest BCUT2D eigenvalue weighted by Gasteiger charge is 2.20. The molecule has 0 aliphatic carbocycles. The summed E-state index contributed by atoms with van der Waals surface area (Å²) >= 11 is -3.11. The molecule has 0 aliphatic heterocycles. The molecule has 0 saturated carbocycles. The Morgan fingerprint density at radius 1 is 0.941 bits per heavy atom. The van der Waals surface area contributed by atoms with Crippen molar-refractivity contribution < 1.29 is 19.2 Å². The molecular weight excluding hydrogens is 238 g/mol. The lowest BCUT2D eigenvalue weighted by Crippen LogP contribution is -2.49. The first kappa shape index (κ1) is 19.4. The van der Waals surface area contributed by atoms with E-state index in [4.69, 9.17) is 13.3 Å². The molecule has 0 aromatic rings. The standard InChI is InChI=1S/C12H28N.H2O3S/c1-5-9-11-13(7-3,8-4)12-10-6-2;1-4(2)3/h5-12H2,1-4H3;(H2,1,2,3)/q+1;/p-1. The minimum Gasteiger partial charge on any atom is -0.784 e. The van der Waals surface area contributed by atoms with Crippen LogP contribution in [0.15, 0.2) is 0 Å². The van der Waals surface area contributed by atoms with Gasteiger partial charge in [0.15, 0.2) is 0 Å². The molecule has 0 radical (unpaired) electrons. The first-order chi connectivity index (χ1) is 7.97. The highest BCUT2D eigenvalue weighted by atomic mass is 32.2. The summed E-state index contributed by atoms with van der Waals surface area (Å²) in [5, 5.41) is 0. The van der Waals surface area contributed by atoms with Crippen molar-refractivity contribution in [3.05, 3.63) is 0 Å². The van der Waals surface area contributed by atoms with E-state index in [-0.39, 0.29) is 1.43 Å². The van der Waals surface area contributed by atoms with Crippen LogP contribution in [-0.4, -0.2) is 44.0 Å². The van der Waals surface area contributed by atoms with Crippen LogP contribution in [0.3, 0.4) is 0 Å². The Labute approximate surface area is 111 Å². The van der Waals surface area contributed by atoms with Gasteiger partial charge in [-0.1, -0.05) is 26.7 Å². The third kappa shape index (κ3) is 12.3. The number of hydrogen-bond donors (Lipinski definition) is 0. The molecule has 5 heteroatoms. The number of quaternary nitrogens is 1. The molecule has 0 aromatic carbocycles. The third-order valence-corrected chi connectivity index (χ3v) is 3.31. The highest BCUT2D eigenvalue weighted by Crippen LogP contribution is 2.11. The fourth-order valence-corrected chi connectivity index (χ4v) is 1.95. The first-order valence-electron chi connectivity index (χ1n) is 6.59. The molecule has 0 amide bonds. The zero-order chi connectivity index (χ0) is 13.7. The number of unbranched alkanes of at least 4 members (excludes halogenated alkanes) is 2. The van der Waals surface area contributed by atoms with Crippen LogP contribution < -0.4 is 0 Å². The molecule has 0 atom stereocenters. The van der Waals surface area contributed by atoms with Gasteiger partial charge in [-0.2, -0.15) is 0 Å². The quantitative estimate of drug-likeness (QED) is 0.501. The van der Waals surface area contributed by atoms with Gasteiger partial charge < -0.3 is 13.6 Å². The van der Waals surface area contributed by atoms with E-state index >= 15 is 0 Å². The Balaban J connectivity index is -0.000000392. The average Bonchev–Trinajstić information content (AvgIpc) is 2.30. The van der Waals surface area contributed by atoms with Crippen molar-refractivity contribution in [3.8, 4) is 0 Å². The predicted molar refractivity (Wildman–Crippen MR) is 71.7 cm³/mol. The van der Waals surface area contributed by atoms with Crippen molar-refractivity contribution >= 4 is 11.4 Å². The molecular formula is C12H29NO3S. The summed E-state index contributed by atoms with van der Waals surface area (Å²) in [6, 6.07) is 0.